The van der Waals surface area contributed by atoms with Crippen LogP contribution < -0.4 is 19.6 Å². The molecule has 0 bridgehead atoms. The molecule has 0 unspecified atom stereocenters. The van der Waals surface area contributed by atoms with Gasteiger partial charge >= 0.3 is 6.09 Å². The first-order chi connectivity index (χ1) is 16.1. The average molecular weight is 451 g/mol. The molecule has 1 amide bonds. The Balaban J connectivity index is 1.49. The number of aryl methyl sites for hydroxylation is 1. The zero-order valence-corrected chi connectivity index (χ0v) is 18.4. The Morgan fingerprint density at radius 2 is 1.82 bits per heavy atom. The van der Waals surface area contributed by atoms with E-state index in [-0.39, 0.29) is 5.43 Å². The Labute approximate surface area is 190 Å². The predicted octanol–water partition coefficient (Wildman–Crippen LogP) is 4.01. The number of amides is 1. The highest BCUT2D eigenvalue weighted by Crippen LogP contribution is 2.34. The van der Waals surface area contributed by atoms with Gasteiger partial charge in [0, 0.05) is 25.6 Å². The molecule has 0 spiro atoms. The summed E-state index contributed by atoms with van der Waals surface area (Å²) in [5.74, 6) is 1.68. The van der Waals surface area contributed by atoms with Crippen LogP contribution in [0, 0.1) is 0 Å². The molecule has 5 rings (SSSR count). The first-order valence-corrected chi connectivity index (χ1v) is 11.2. The second-order valence-corrected chi connectivity index (χ2v) is 7.97. The molecule has 0 radical (unpaired) electrons. The number of fused-ring (bicyclic) bond motifs is 2. The van der Waals surface area contributed by atoms with Gasteiger partial charge in [-0.3, -0.25) is 4.79 Å². The number of hydrogen-bond acceptors (Lipinski definition) is 7. The van der Waals surface area contributed by atoms with Crippen LogP contribution in [0.5, 0.6) is 17.2 Å². The fourth-order valence-corrected chi connectivity index (χ4v) is 4.01. The minimum atomic E-state index is -0.432. The number of carbonyl (C=O) groups is 1. The Bertz CT molecular complexity index is 1240. The van der Waals surface area contributed by atoms with Crippen molar-refractivity contribution >= 4 is 17.1 Å². The van der Waals surface area contributed by atoms with E-state index in [1.165, 1.54) is 6.26 Å². The summed E-state index contributed by atoms with van der Waals surface area (Å²) in [4.78, 5) is 27.5. The van der Waals surface area contributed by atoms with Crippen molar-refractivity contribution in [2.75, 3.05) is 39.5 Å². The van der Waals surface area contributed by atoms with Crippen LogP contribution in [-0.2, 0) is 11.2 Å². The Morgan fingerprint density at radius 3 is 2.61 bits per heavy atom. The van der Waals surface area contributed by atoms with Gasteiger partial charge in [0.25, 0.3) is 0 Å². The van der Waals surface area contributed by atoms with Crippen LogP contribution in [0.15, 0.2) is 45.8 Å². The SMILES string of the molecule is CCc1cc2c(=O)c(-c3ccc4c(c3)OCCCO4)coc2cc1OC(=O)N1CCOCC1. The van der Waals surface area contributed by atoms with Crippen LogP contribution >= 0.6 is 0 Å². The molecular weight excluding hydrogens is 426 g/mol. The molecule has 3 heterocycles. The maximum atomic E-state index is 13.4. The zero-order chi connectivity index (χ0) is 22.8. The molecule has 2 aliphatic rings. The van der Waals surface area contributed by atoms with Gasteiger partial charge in [-0.25, -0.2) is 4.79 Å². The topological polar surface area (TPSA) is 87.4 Å². The average Bonchev–Trinajstić information content (AvgIpc) is 3.09. The fraction of sp³-hybridized carbons (Fsp3) is 0.360. The molecule has 3 aromatic rings. The number of morpholine rings is 1. The first kappa shape index (κ1) is 21.3. The quantitative estimate of drug-likeness (QED) is 0.594. The molecule has 172 valence electrons. The van der Waals surface area contributed by atoms with Crippen molar-refractivity contribution in [3.05, 3.63) is 52.4 Å². The van der Waals surface area contributed by atoms with Crippen LogP contribution in [0.3, 0.4) is 0 Å². The molecule has 8 heteroatoms. The molecule has 33 heavy (non-hydrogen) atoms. The molecule has 2 aromatic carbocycles. The van der Waals surface area contributed by atoms with E-state index < -0.39 is 6.09 Å². The van der Waals surface area contributed by atoms with E-state index in [0.717, 1.165) is 12.0 Å². The Kier molecular flexibility index (Phi) is 5.92. The number of rotatable bonds is 3. The highest BCUT2D eigenvalue weighted by Gasteiger charge is 2.21. The second-order valence-electron chi connectivity index (χ2n) is 7.97. The van der Waals surface area contributed by atoms with Crippen molar-refractivity contribution in [2.45, 2.75) is 19.8 Å². The predicted molar refractivity (Wildman–Crippen MR) is 121 cm³/mol. The Hall–Kier alpha value is -3.52. The van der Waals surface area contributed by atoms with E-state index in [4.69, 9.17) is 23.4 Å². The van der Waals surface area contributed by atoms with Gasteiger partial charge in [0.1, 0.15) is 17.6 Å². The van der Waals surface area contributed by atoms with E-state index in [9.17, 15) is 9.59 Å². The summed E-state index contributed by atoms with van der Waals surface area (Å²) in [5.41, 5.74) is 2.08. The van der Waals surface area contributed by atoms with Crippen molar-refractivity contribution in [1.29, 1.82) is 0 Å². The summed E-state index contributed by atoms with van der Waals surface area (Å²) in [6, 6.07) is 8.80. The lowest BCUT2D eigenvalue weighted by Gasteiger charge is -2.26. The number of ether oxygens (including phenoxy) is 4. The first-order valence-electron chi connectivity index (χ1n) is 11.2. The van der Waals surface area contributed by atoms with E-state index in [1.54, 1.807) is 23.1 Å². The van der Waals surface area contributed by atoms with E-state index in [1.807, 2.05) is 19.1 Å². The lowest BCUT2D eigenvalue weighted by atomic mass is 10.0. The minimum Gasteiger partial charge on any atom is -0.490 e. The molecule has 0 saturated carbocycles. The van der Waals surface area contributed by atoms with Crippen molar-refractivity contribution in [2.24, 2.45) is 0 Å². The maximum Gasteiger partial charge on any atom is 0.415 e. The molecule has 2 aliphatic heterocycles. The number of carbonyl (C=O) groups excluding carboxylic acids is 1. The standard InChI is InChI=1S/C25H25NO7/c1-2-16-12-18-22(14-21(16)33-25(28)26-6-10-29-11-7-26)32-15-19(24(18)27)17-4-5-20-23(13-17)31-9-3-8-30-20/h4-5,12-15H,2-3,6-11H2,1H3. The highest BCUT2D eigenvalue weighted by molar-refractivity contribution is 5.85. The lowest BCUT2D eigenvalue weighted by Crippen LogP contribution is -2.42. The van der Waals surface area contributed by atoms with Gasteiger partial charge in [-0.1, -0.05) is 13.0 Å². The van der Waals surface area contributed by atoms with Crippen LogP contribution in [0.25, 0.3) is 22.1 Å². The van der Waals surface area contributed by atoms with Crippen LogP contribution in [0.1, 0.15) is 18.9 Å². The molecule has 0 aliphatic carbocycles. The third-order valence-electron chi connectivity index (χ3n) is 5.86. The third-order valence-corrected chi connectivity index (χ3v) is 5.86. The fourth-order valence-electron chi connectivity index (χ4n) is 4.01. The van der Waals surface area contributed by atoms with Crippen LogP contribution in [0.2, 0.25) is 0 Å². The smallest absolute Gasteiger partial charge is 0.415 e. The highest BCUT2D eigenvalue weighted by atomic mass is 16.6. The van der Waals surface area contributed by atoms with Crippen molar-refractivity contribution in [3.63, 3.8) is 0 Å². The number of benzene rings is 2. The second kappa shape index (κ2) is 9.15. The number of hydrogen-bond donors (Lipinski definition) is 0. The third kappa shape index (κ3) is 4.26. The molecule has 1 fully saturated rings. The summed E-state index contributed by atoms with van der Waals surface area (Å²) < 4.78 is 28.2. The van der Waals surface area contributed by atoms with Gasteiger partial charge in [-0.15, -0.1) is 0 Å². The van der Waals surface area contributed by atoms with Gasteiger partial charge in [0.2, 0.25) is 5.43 Å². The normalized spacial score (nSPS) is 15.8. The van der Waals surface area contributed by atoms with Crippen LogP contribution in [0.4, 0.5) is 4.79 Å². The number of nitrogens with zero attached hydrogens (tertiary/aromatic N) is 1. The summed E-state index contributed by atoms with van der Waals surface area (Å²) in [6.07, 6.45) is 2.40. The molecular formula is C25H25NO7. The van der Waals surface area contributed by atoms with Gasteiger partial charge in [0.05, 0.1) is 37.4 Å². The summed E-state index contributed by atoms with van der Waals surface area (Å²) in [5, 5.41) is 0.433. The largest absolute Gasteiger partial charge is 0.490 e. The summed E-state index contributed by atoms with van der Waals surface area (Å²) >= 11 is 0. The van der Waals surface area contributed by atoms with Gasteiger partial charge in [0.15, 0.2) is 11.5 Å². The van der Waals surface area contributed by atoms with Crippen molar-refractivity contribution in [3.8, 4) is 28.4 Å². The van der Waals surface area contributed by atoms with Crippen LogP contribution in [-0.4, -0.2) is 50.5 Å². The summed E-state index contributed by atoms with van der Waals surface area (Å²) in [6.45, 7) is 5.07. The van der Waals surface area contributed by atoms with Gasteiger partial charge < -0.3 is 28.3 Å². The molecule has 1 aromatic heterocycles. The minimum absolute atomic E-state index is 0.161. The van der Waals surface area contributed by atoms with Gasteiger partial charge in [-0.2, -0.15) is 0 Å². The van der Waals surface area contributed by atoms with Gasteiger partial charge in [-0.05, 0) is 35.7 Å². The van der Waals surface area contributed by atoms with Crippen molar-refractivity contribution in [1.82, 2.24) is 4.90 Å². The molecule has 8 nitrogen and oxygen atoms in total. The van der Waals surface area contributed by atoms with E-state index >= 15 is 0 Å². The molecule has 0 N–H and O–H groups in total. The maximum absolute atomic E-state index is 13.4. The Morgan fingerprint density at radius 1 is 1.03 bits per heavy atom. The summed E-state index contributed by atoms with van der Waals surface area (Å²) in [7, 11) is 0. The molecule has 1 saturated heterocycles. The monoisotopic (exact) mass is 451 g/mol. The lowest BCUT2D eigenvalue weighted by molar-refractivity contribution is 0.0415. The van der Waals surface area contributed by atoms with Crippen molar-refractivity contribution < 1.29 is 28.2 Å². The zero-order valence-electron chi connectivity index (χ0n) is 18.4. The molecule has 0 atom stereocenters. The van der Waals surface area contributed by atoms with E-state index in [0.29, 0.717) is 85.3 Å². The van der Waals surface area contributed by atoms with E-state index in [2.05, 4.69) is 0 Å².